The summed E-state index contributed by atoms with van der Waals surface area (Å²) in [5.41, 5.74) is 1.81. The van der Waals surface area contributed by atoms with Gasteiger partial charge in [0, 0.05) is 6.04 Å². The molecule has 2 atom stereocenters. The number of nitrogens with zero attached hydrogens (tertiary/aromatic N) is 1. The summed E-state index contributed by atoms with van der Waals surface area (Å²) in [6, 6.07) is 8.43. The van der Waals surface area contributed by atoms with Crippen molar-refractivity contribution in [3.8, 4) is 11.8 Å². The number of hydrogen-bond donors (Lipinski definition) is 1. The van der Waals surface area contributed by atoms with Gasteiger partial charge in [-0.3, -0.25) is 0 Å². The molecule has 1 aliphatic rings. The maximum atomic E-state index is 9.06. The van der Waals surface area contributed by atoms with Gasteiger partial charge in [0.1, 0.15) is 11.8 Å². The first-order valence-electron chi connectivity index (χ1n) is 6.06. The lowest BCUT2D eigenvalue weighted by Gasteiger charge is -2.28. The highest BCUT2D eigenvalue weighted by molar-refractivity contribution is 5.46. The molecular weight excluding hydrogens is 212 g/mol. The Kier molecular flexibility index (Phi) is 3.65. The average Bonchev–Trinajstić information content (AvgIpc) is 2.39. The Morgan fingerprint density at radius 1 is 1.41 bits per heavy atom. The van der Waals surface area contributed by atoms with Crippen molar-refractivity contribution < 1.29 is 4.74 Å². The van der Waals surface area contributed by atoms with Crippen LogP contribution in [0.1, 0.15) is 36.9 Å². The highest BCUT2D eigenvalue weighted by atomic mass is 16.5. The molecule has 0 bridgehead atoms. The van der Waals surface area contributed by atoms with E-state index in [0.717, 1.165) is 18.9 Å². The summed E-state index contributed by atoms with van der Waals surface area (Å²) in [5, 5.41) is 12.6. The molecule has 1 aliphatic heterocycles. The monoisotopic (exact) mass is 230 g/mol. The predicted molar refractivity (Wildman–Crippen MR) is 66.9 cm³/mol. The number of nitriles is 1. The van der Waals surface area contributed by atoms with Crippen LogP contribution in [-0.2, 0) is 0 Å². The maximum Gasteiger partial charge on any atom is 0.136 e. The summed E-state index contributed by atoms with van der Waals surface area (Å²) in [4.78, 5) is 0. The topological polar surface area (TPSA) is 45.0 Å². The molecular formula is C14H18N2O. The van der Waals surface area contributed by atoms with Crippen LogP contribution in [0.5, 0.6) is 5.75 Å². The molecule has 0 aliphatic carbocycles. The van der Waals surface area contributed by atoms with Gasteiger partial charge in [-0.25, -0.2) is 0 Å². The van der Waals surface area contributed by atoms with Crippen LogP contribution < -0.4 is 10.1 Å². The second-order valence-corrected chi connectivity index (χ2v) is 4.71. The molecule has 3 heteroatoms. The van der Waals surface area contributed by atoms with Gasteiger partial charge >= 0.3 is 0 Å². The van der Waals surface area contributed by atoms with Gasteiger partial charge in [0.25, 0.3) is 0 Å². The van der Waals surface area contributed by atoms with Crippen molar-refractivity contribution in [2.24, 2.45) is 5.92 Å². The number of methoxy groups -OCH3 is 1. The van der Waals surface area contributed by atoms with Gasteiger partial charge in [-0.2, -0.15) is 5.26 Å². The third-order valence-corrected chi connectivity index (χ3v) is 3.41. The van der Waals surface area contributed by atoms with Gasteiger partial charge in [-0.1, -0.05) is 13.0 Å². The molecule has 1 fully saturated rings. The highest BCUT2D eigenvalue weighted by Gasteiger charge is 2.19. The van der Waals surface area contributed by atoms with Crippen molar-refractivity contribution in [3.63, 3.8) is 0 Å². The second kappa shape index (κ2) is 5.20. The molecule has 1 heterocycles. The Morgan fingerprint density at radius 3 is 2.82 bits per heavy atom. The third-order valence-electron chi connectivity index (χ3n) is 3.41. The van der Waals surface area contributed by atoms with Crippen LogP contribution in [0.2, 0.25) is 0 Å². The van der Waals surface area contributed by atoms with E-state index in [1.807, 2.05) is 18.2 Å². The van der Waals surface area contributed by atoms with Gasteiger partial charge in [0.15, 0.2) is 0 Å². The van der Waals surface area contributed by atoms with Crippen molar-refractivity contribution in [3.05, 3.63) is 29.3 Å². The number of piperidine rings is 1. The first-order valence-corrected chi connectivity index (χ1v) is 6.06. The van der Waals surface area contributed by atoms with E-state index < -0.39 is 0 Å². The van der Waals surface area contributed by atoms with Crippen molar-refractivity contribution in [1.82, 2.24) is 5.32 Å². The molecule has 90 valence electrons. The van der Waals surface area contributed by atoms with Crippen molar-refractivity contribution in [1.29, 1.82) is 5.26 Å². The molecule has 0 radical (unpaired) electrons. The van der Waals surface area contributed by atoms with Gasteiger partial charge in [-0.05, 0) is 43.0 Å². The molecule has 0 spiro atoms. The van der Waals surface area contributed by atoms with Crippen molar-refractivity contribution in [2.45, 2.75) is 25.8 Å². The molecule has 0 saturated carbocycles. The Balaban J connectivity index is 2.19. The lowest BCUT2D eigenvalue weighted by molar-refractivity contribution is 0.332. The van der Waals surface area contributed by atoms with Crippen LogP contribution >= 0.6 is 0 Å². The van der Waals surface area contributed by atoms with Gasteiger partial charge < -0.3 is 10.1 Å². The van der Waals surface area contributed by atoms with Crippen LogP contribution in [0.3, 0.4) is 0 Å². The van der Waals surface area contributed by atoms with Crippen molar-refractivity contribution in [2.75, 3.05) is 13.7 Å². The van der Waals surface area contributed by atoms with Crippen LogP contribution in [-0.4, -0.2) is 13.7 Å². The SMILES string of the molecule is COc1ccc([C@H]2CC[C@H](C)CN2)cc1C#N. The lowest BCUT2D eigenvalue weighted by Crippen LogP contribution is -2.31. The largest absolute Gasteiger partial charge is 0.495 e. The molecule has 1 aromatic carbocycles. The number of rotatable bonds is 2. The Labute approximate surface area is 102 Å². The third kappa shape index (κ3) is 2.59. The Morgan fingerprint density at radius 2 is 2.24 bits per heavy atom. The molecule has 1 saturated heterocycles. The fraction of sp³-hybridized carbons (Fsp3) is 0.500. The molecule has 1 aromatic rings. The minimum Gasteiger partial charge on any atom is -0.495 e. The minimum absolute atomic E-state index is 0.379. The van der Waals surface area contributed by atoms with Crippen LogP contribution in [0.4, 0.5) is 0 Å². The summed E-state index contributed by atoms with van der Waals surface area (Å²) in [7, 11) is 1.59. The number of hydrogen-bond acceptors (Lipinski definition) is 3. The molecule has 1 N–H and O–H groups in total. The van der Waals surface area contributed by atoms with E-state index in [1.165, 1.54) is 12.0 Å². The first kappa shape index (κ1) is 11.9. The van der Waals surface area contributed by atoms with Crippen molar-refractivity contribution >= 4 is 0 Å². The minimum atomic E-state index is 0.379. The Bertz CT molecular complexity index is 428. The van der Waals surface area contributed by atoms with Crippen LogP contribution in [0.15, 0.2) is 18.2 Å². The van der Waals surface area contributed by atoms with E-state index in [4.69, 9.17) is 10.00 Å². The summed E-state index contributed by atoms with van der Waals surface area (Å²) in [6.07, 6.45) is 2.38. The van der Waals surface area contributed by atoms with E-state index in [1.54, 1.807) is 7.11 Å². The molecule has 0 aromatic heterocycles. The summed E-state index contributed by atoms with van der Waals surface area (Å²) >= 11 is 0. The number of benzene rings is 1. The fourth-order valence-electron chi connectivity index (χ4n) is 2.31. The Hall–Kier alpha value is -1.53. The van der Waals surface area contributed by atoms with E-state index in [2.05, 4.69) is 18.3 Å². The predicted octanol–water partition coefficient (Wildman–Crippen LogP) is 2.63. The number of nitrogens with one attached hydrogen (secondary N) is 1. The van der Waals surface area contributed by atoms with Crippen LogP contribution in [0, 0.1) is 17.2 Å². The van der Waals surface area contributed by atoms with Crippen LogP contribution in [0.25, 0.3) is 0 Å². The van der Waals surface area contributed by atoms with Gasteiger partial charge in [0.2, 0.25) is 0 Å². The summed E-state index contributed by atoms with van der Waals surface area (Å²) in [6.45, 7) is 3.32. The molecule has 2 rings (SSSR count). The summed E-state index contributed by atoms with van der Waals surface area (Å²) in [5.74, 6) is 1.40. The lowest BCUT2D eigenvalue weighted by atomic mass is 9.91. The molecule has 0 unspecified atom stereocenters. The normalized spacial score (nSPS) is 24.1. The highest BCUT2D eigenvalue weighted by Crippen LogP contribution is 2.28. The second-order valence-electron chi connectivity index (χ2n) is 4.71. The smallest absolute Gasteiger partial charge is 0.136 e. The summed E-state index contributed by atoms with van der Waals surface area (Å²) < 4.78 is 5.15. The quantitative estimate of drug-likeness (QED) is 0.849. The zero-order valence-electron chi connectivity index (χ0n) is 10.4. The van der Waals surface area contributed by atoms with E-state index in [9.17, 15) is 0 Å². The van der Waals surface area contributed by atoms with E-state index >= 15 is 0 Å². The fourth-order valence-corrected chi connectivity index (χ4v) is 2.31. The standard InChI is InChI=1S/C14H18N2O/c1-10-3-5-13(16-9-10)11-4-6-14(17-2)12(7-11)8-15/h4,6-7,10,13,16H,3,5,9H2,1-2H3/t10-,13+/m0/s1. The van der Waals surface area contributed by atoms with Gasteiger partial charge in [-0.15, -0.1) is 0 Å². The maximum absolute atomic E-state index is 9.06. The molecule has 3 nitrogen and oxygen atoms in total. The number of ether oxygens (including phenoxy) is 1. The van der Waals surface area contributed by atoms with E-state index in [0.29, 0.717) is 17.4 Å². The zero-order valence-corrected chi connectivity index (χ0v) is 10.4. The molecule has 0 amide bonds. The molecule has 17 heavy (non-hydrogen) atoms. The zero-order chi connectivity index (χ0) is 12.3. The van der Waals surface area contributed by atoms with E-state index in [-0.39, 0.29) is 0 Å². The first-order chi connectivity index (χ1) is 8.24. The van der Waals surface area contributed by atoms with Gasteiger partial charge in [0.05, 0.1) is 12.7 Å². The average molecular weight is 230 g/mol.